The number of nitrogens with one attached hydrogen (secondary N) is 1. The summed E-state index contributed by atoms with van der Waals surface area (Å²) in [6.07, 6.45) is 1.20. The van der Waals surface area contributed by atoms with Crippen molar-refractivity contribution in [2.75, 3.05) is 16.8 Å². The van der Waals surface area contributed by atoms with Crippen molar-refractivity contribution in [2.24, 2.45) is 5.41 Å². The molecule has 0 radical (unpaired) electrons. The molecule has 1 aromatic heterocycles. The van der Waals surface area contributed by atoms with Crippen LogP contribution in [0.1, 0.15) is 50.7 Å². The highest BCUT2D eigenvalue weighted by Gasteiger charge is 2.42. The zero-order valence-electron chi connectivity index (χ0n) is 16.2. The number of hydrogen-bond donors (Lipinski definition) is 2. The van der Waals surface area contributed by atoms with E-state index in [1.165, 1.54) is 23.9 Å². The normalized spacial score (nSPS) is 20.4. The SMILES string of the molecule is CCSc1nc(N)c2c(n1)NC1=C(C(=O)CC(C)(C)C1)[C@H]2c1ccc(F)cc1. The molecule has 0 spiro atoms. The summed E-state index contributed by atoms with van der Waals surface area (Å²) >= 11 is 1.52. The number of ketones is 1. The number of thioether (sulfide) groups is 1. The van der Waals surface area contributed by atoms with Gasteiger partial charge in [-0.05, 0) is 35.3 Å². The molecule has 0 saturated carbocycles. The number of nitrogen functional groups attached to an aromatic ring is 1. The fourth-order valence-corrected chi connectivity index (χ4v) is 4.67. The van der Waals surface area contributed by atoms with Gasteiger partial charge in [0.2, 0.25) is 0 Å². The minimum atomic E-state index is -0.392. The number of allylic oxidation sites excluding steroid dienone is 2. The average Bonchev–Trinajstić information content (AvgIpc) is 2.60. The lowest BCUT2D eigenvalue weighted by molar-refractivity contribution is -0.118. The Morgan fingerprint density at radius 3 is 2.64 bits per heavy atom. The third-order valence-corrected chi connectivity index (χ3v) is 5.93. The fourth-order valence-electron chi connectivity index (χ4n) is 4.10. The quantitative estimate of drug-likeness (QED) is 0.585. The van der Waals surface area contributed by atoms with E-state index >= 15 is 0 Å². The third-order valence-electron chi connectivity index (χ3n) is 5.20. The zero-order valence-corrected chi connectivity index (χ0v) is 17.0. The molecule has 3 N–H and O–H groups in total. The van der Waals surface area contributed by atoms with Crippen molar-refractivity contribution in [1.82, 2.24) is 9.97 Å². The molecule has 1 aliphatic carbocycles. The molecule has 1 aromatic carbocycles. The van der Waals surface area contributed by atoms with Crippen molar-refractivity contribution in [2.45, 2.75) is 44.7 Å². The summed E-state index contributed by atoms with van der Waals surface area (Å²) in [5.74, 6) is 1.20. The van der Waals surface area contributed by atoms with E-state index in [0.29, 0.717) is 34.3 Å². The van der Waals surface area contributed by atoms with Crippen molar-refractivity contribution in [1.29, 1.82) is 0 Å². The van der Waals surface area contributed by atoms with Gasteiger partial charge < -0.3 is 11.1 Å². The van der Waals surface area contributed by atoms with Crippen molar-refractivity contribution < 1.29 is 9.18 Å². The first-order valence-corrected chi connectivity index (χ1v) is 10.4. The van der Waals surface area contributed by atoms with E-state index in [2.05, 4.69) is 29.1 Å². The van der Waals surface area contributed by atoms with Crippen molar-refractivity contribution in [3.05, 3.63) is 52.5 Å². The number of anilines is 2. The molecule has 0 amide bonds. The molecule has 2 aliphatic rings. The monoisotopic (exact) mass is 398 g/mol. The maximum atomic E-state index is 13.5. The van der Waals surface area contributed by atoms with Crippen LogP contribution in [0.3, 0.4) is 0 Å². The Kier molecular flexibility index (Phi) is 4.65. The van der Waals surface area contributed by atoms with E-state index in [0.717, 1.165) is 23.4 Å². The Hall–Kier alpha value is -2.41. The molecule has 0 bridgehead atoms. The minimum absolute atomic E-state index is 0.0881. The number of rotatable bonds is 3. The summed E-state index contributed by atoms with van der Waals surface area (Å²) < 4.78 is 13.5. The van der Waals surface area contributed by atoms with Gasteiger partial charge in [-0.3, -0.25) is 4.79 Å². The lowest BCUT2D eigenvalue weighted by atomic mass is 9.69. The molecule has 1 atom stereocenters. The molecule has 146 valence electrons. The Morgan fingerprint density at radius 2 is 1.96 bits per heavy atom. The highest BCUT2D eigenvalue weighted by Crippen LogP contribution is 2.50. The maximum absolute atomic E-state index is 13.5. The van der Waals surface area contributed by atoms with E-state index in [4.69, 9.17) is 5.73 Å². The van der Waals surface area contributed by atoms with Crippen LogP contribution in [0.5, 0.6) is 0 Å². The van der Waals surface area contributed by atoms with Gasteiger partial charge in [0.15, 0.2) is 10.9 Å². The van der Waals surface area contributed by atoms with Crippen LogP contribution in [0.2, 0.25) is 0 Å². The van der Waals surface area contributed by atoms with Crippen LogP contribution in [-0.4, -0.2) is 21.5 Å². The van der Waals surface area contributed by atoms with Gasteiger partial charge in [0.1, 0.15) is 17.5 Å². The molecule has 7 heteroatoms. The summed E-state index contributed by atoms with van der Waals surface area (Å²) in [4.78, 5) is 22.2. The molecule has 4 rings (SSSR count). The van der Waals surface area contributed by atoms with E-state index in [1.807, 2.05) is 6.92 Å². The number of aromatic nitrogens is 2. The third kappa shape index (κ3) is 3.28. The number of nitrogens with zero attached hydrogens (tertiary/aromatic N) is 2. The Balaban J connectivity index is 1.93. The van der Waals surface area contributed by atoms with Gasteiger partial charge in [0.25, 0.3) is 0 Å². The predicted octanol–water partition coefficient (Wildman–Crippen LogP) is 4.51. The van der Waals surface area contributed by atoms with Crippen LogP contribution in [-0.2, 0) is 4.79 Å². The molecule has 0 unspecified atom stereocenters. The van der Waals surface area contributed by atoms with Gasteiger partial charge >= 0.3 is 0 Å². The number of nitrogens with two attached hydrogens (primary N) is 1. The number of fused-ring (bicyclic) bond motifs is 1. The van der Waals surface area contributed by atoms with Crippen LogP contribution in [0.25, 0.3) is 0 Å². The molecule has 1 aliphatic heterocycles. The van der Waals surface area contributed by atoms with E-state index < -0.39 is 5.92 Å². The second-order valence-electron chi connectivity index (χ2n) is 8.03. The van der Waals surface area contributed by atoms with Crippen LogP contribution in [0, 0.1) is 11.2 Å². The highest BCUT2D eigenvalue weighted by molar-refractivity contribution is 7.99. The Labute approximate surface area is 168 Å². The smallest absolute Gasteiger partial charge is 0.191 e. The first-order chi connectivity index (χ1) is 13.3. The van der Waals surface area contributed by atoms with Crippen LogP contribution in [0.15, 0.2) is 40.7 Å². The van der Waals surface area contributed by atoms with Crippen LogP contribution >= 0.6 is 11.8 Å². The Morgan fingerprint density at radius 1 is 1.25 bits per heavy atom. The number of hydrogen-bond acceptors (Lipinski definition) is 6. The molecule has 2 heterocycles. The van der Waals surface area contributed by atoms with Crippen LogP contribution < -0.4 is 11.1 Å². The largest absolute Gasteiger partial charge is 0.383 e. The first-order valence-electron chi connectivity index (χ1n) is 9.38. The lowest BCUT2D eigenvalue weighted by Crippen LogP contribution is -2.34. The van der Waals surface area contributed by atoms with Crippen molar-refractivity contribution in [3.63, 3.8) is 0 Å². The Bertz CT molecular complexity index is 985. The number of benzene rings is 1. The predicted molar refractivity (Wildman–Crippen MR) is 110 cm³/mol. The molecule has 0 saturated heterocycles. The van der Waals surface area contributed by atoms with Crippen molar-refractivity contribution >= 4 is 29.2 Å². The summed E-state index contributed by atoms with van der Waals surface area (Å²) in [6.45, 7) is 6.21. The second-order valence-corrected chi connectivity index (χ2v) is 9.26. The number of carbonyl (C=O) groups excluding carboxylic acids is 1. The topological polar surface area (TPSA) is 80.9 Å². The van der Waals surface area contributed by atoms with Gasteiger partial charge in [-0.1, -0.05) is 44.7 Å². The van der Waals surface area contributed by atoms with Gasteiger partial charge in [-0.25, -0.2) is 14.4 Å². The molecule has 5 nitrogen and oxygen atoms in total. The van der Waals surface area contributed by atoms with Crippen LogP contribution in [0.4, 0.5) is 16.0 Å². The highest BCUT2D eigenvalue weighted by atomic mass is 32.2. The molecule has 2 aromatic rings. The number of halogens is 1. The zero-order chi connectivity index (χ0) is 20.1. The molecule has 28 heavy (non-hydrogen) atoms. The van der Waals surface area contributed by atoms with Gasteiger partial charge in [0, 0.05) is 29.2 Å². The standard InChI is InChI=1S/C21H23FN4OS/c1-4-28-20-25-18(23)17-15(11-5-7-12(22)8-6-11)16-13(24-19(17)26-20)9-21(2,3)10-14(16)27/h5-8,15H,4,9-10H2,1-3H3,(H3,23,24,25,26)/t15-/m1/s1. The van der Waals surface area contributed by atoms with Crippen molar-refractivity contribution in [3.8, 4) is 0 Å². The minimum Gasteiger partial charge on any atom is -0.383 e. The number of Topliss-reactive ketones (excluding diaryl/α,β-unsaturated/α-hetero) is 1. The van der Waals surface area contributed by atoms with E-state index in [9.17, 15) is 9.18 Å². The van der Waals surface area contributed by atoms with Gasteiger partial charge in [-0.15, -0.1) is 0 Å². The second kappa shape index (κ2) is 6.88. The maximum Gasteiger partial charge on any atom is 0.191 e. The average molecular weight is 399 g/mol. The molecule has 0 fully saturated rings. The summed E-state index contributed by atoms with van der Waals surface area (Å²) in [6, 6.07) is 6.24. The lowest BCUT2D eigenvalue weighted by Gasteiger charge is -2.39. The first kappa shape index (κ1) is 18.9. The molecular formula is C21H23FN4OS. The fraction of sp³-hybridized carbons (Fsp3) is 0.381. The van der Waals surface area contributed by atoms with E-state index in [1.54, 1.807) is 12.1 Å². The van der Waals surface area contributed by atoms with Gasteiger partial charge in [-0.2, -0.15) is 0 Å². The number of carbonyl (C=O) groups is 1. The summed E-state index contributed by atoms with van der Waals surface area (Å²) in [7, 11) is 0. The summed E-state index contributed by atoms with van der Waals surface area (Å²) in [5.41, 5.74) is 9.30. The van der Waals surface area contributed by atoms with E-state index in [-0.39, 0.29) is 17.0 Å². The summed E-state index contributed by atoms with van der Waals surface area (Å²) in [5, 5.41) is 3.98. The molecular weight excluding hydrogens is 375 g/mol. The van der Waals surface area contributed by atoms with Gasteiger partial charge in [0.05, 0.1) is 0 Å².